The number of carbonyl (C=O) groups excluding carboxylic acids is 1. The van der Waals surface area contributed by atoms with E-state index in [1.165, 1.54) is 4.88 Å². The van der Waals surface area contributed by atoms with Gasteiger partial charge in [0.1, 0.15) is 6.54 Å². The molecule has 0 atom stereocenters. The first-order valence-corrected chi connectivity index (χ1v) is 7.03. The molecule has 2 heterocycles. The highest BCUT2D eigenvalue weighted by molar-refractivity contribution is 7.14. The normalized spacial score (nSPS) is 10.9. The first kappa shape index (κ1) is 13.3. The molecule has 0 bridgehead atoms. The van der Waals surface area contributed by atoms with Gasteiger partial charge in [-0.3, -0.25) is 9.48 Å². The third-order valence-electron chi connectivity index (χ3n) is 2.87. The van der Waals surface area contributed by atoms with Gasteiger partial charge in [-0.05, 0) is 32.4 Å². The molecule has 2 aromatic rings. The molecule has 0 spiro atoms. The van der Waals surface area contributed by atoms with Crippen molar-refractivity contribution in [2.45, 2.75) is 33.7 Å². The van der Waals surface area contributed by atoms with Gasteiger partial charge in [0.2, 0.25) is 0 Å². The Kier molecular flexibility index (Phi) is 3.88. The lowest BCUT2D eigenvalue weighted by molar-refractivity contribution is 0.0970. The fourth-order valence-electron chi connectivity index (χ4n) is 1.76. The van der Waals surface area contributed by atoms with Crippen LogP contribution in [0.1, 0.15) is 32.9 Å². The Morgan fingerprint density at radius 2 is 2.17 bits per heavy atom. The van der Waals surface area contributed by atoms with Gasteiger partial charge in [-0.25, -0.2) is 0 Å². The number of aryl methyl sites for hydroxylation is 2. The van der Waals surface area contributed by atoms with Crippen LogP contribution in [0, 0.1) is 13.8 Å². The summed E-state index contributed by atoms with van der Waals surface area (Å²) in [6.07, 6.45) is 0.962. The Labute approximate surface area is 115 Å². The van der Waals surface area contributed by atoms with Crippen LogP contribution < -0.4 is 0 Å². The number of halogens is 1. The second kappa shape index (κ2) is 5.24. The van der Waals surface area contributed by atoms with Crippen LogP contribution in [0.15, 0.2) is 12.1 Å². The number of Topliss-reactive ketones (excluding diaryl/α,β-unsaturated/α-hetero) is 1. The molecule has 0 aliphatic heterocycles. The fourth-order valence-corrected chi connectivity index (χ4v) is 2.77. The predicted octanol–water partition coefficient (Wildman–Crippen LogP) is 3.66. The van der Waals surface area contributed by atoms with Crippen LogP contribution in [-0.2, 0) is 13.0 Å². The summed E-state index contributed by atoms with van der Waals surface area (Å²) in [4.78, 5) is 14.1. The third kappa shape index (κ3) is 2.49. The van der Waals surface area contributed by atoms with Gasteiger partial charge in [-0.15, -0.1) is 11.3 Å². The van der Waals surface area contributed by atoms with Gasteiger partial charge in [-0.1, -0.05) is 18.5 Å². The topological polar surface area (TPSA) is 34.9 Å². The molecule has 0 aliphatic rings. The Morgan fingerprint density at radius 3 is 2.67 bits per heavy atom. The largest absolute Gasteiger partial charge is 0.291 e. The quantitative estimate of drug-likeness (QED) is 0.802. The van der Waals surface area contributed by atoms with E-state index in [-0.39, 0.29) is 12.3 Å². The van der Waals surface area contributed by atoms with Gasteiger partial charge in [0, 0.05) is 4.88 Å². The van der Waals surface area contributed by atoms with Crippen LogP contribution in [0.5, 0.6) is 0 Å². The number of hydrogen-bond donors (Lipinski definition) is 0. The van der Waals surface area contributed by atoms with Gasteiger partial charge in [0.25, 0.3) is 0 Å². The molecular formula is C13H15ClN2OS. The van der Waals surface area contributed by atoms with Gasteiger partial charge in [0.15, 0.2) is 5.78 Å². The molecule has 0 saturated heterocycles. The van der Waals surface area contributed by atoms with Crippen molar-refractivity contribution in [2.75, 3.05) is 0 Å². The molecule has 0 unspecified atom stereocenters. The average Bonchev–Trinajstić information content (AvgIpc) is 2.92. The molecule has 0 fully saturated rings. The first-order valence-electron chi connectivity index (χ1n) is 5.84. The highest BCUT2D eigenvalue weighted by atomic mass is 35.5. The average molecular weight is 283 g/mol. The Hall–Kier alpha value is -1.13. The van der Waals surface area contributed by atoms with Crippen molar-refractivity contribution < 1.29 is 4.79 Å². The zero-order valence-electron chi connectivity index (χ0n) is 10.7. The van der Waals surface area contributed by atoms with Crippen LogP contribution in [0.25, 0.3) is 0 Å². The molecular weight excluding hydrogens is 268 g/mol. The second-order valence-corrected chi connectivity index (χ2v) is 5.73. The van der Waals surface area contributed by atoms with Crippen LogP contribution in [0.4, 0.5) is 0 Å². The molecule has 5 heteroatoms. The van der Waals surface area contributed by atoms with Gasteiger partial charge in [-0.2, -0.15) is 5.10 Å². The van der Waals surface area contributed by atoms with Crippen molar-refractivity contribution in [2.24, 2.45) is 0 Å². The lowest BCUT2D eigenvalue weighted by atomic mass is 10.3. The molecule has 96 valence electrons. The van der Waals surface area contributed by atoms with E-state index in [9.17, 15) is 4.79 Å². The van der Waals surface area contributed by atoms with Crippen LogP contribution in [-0.4, -0.2) is 15.6 Å². The van der Waals surface area contributed by atoms with E-state index < -0.39 is 0 Å². The lowest BCUT2D eigenvalue weighted by Crippen LogP contribution is -2.11. The van der Waals surface area contributed by atoms with E-state index in [1.807, 2.05) is 26.0 Å². The van der Waals surface area contributed by atoms with Crippen LogP contribution in [0.2, 0.25) is 5.02 Å². The van der Waals surface area contributed by atoms with E-state index >= 15 is 0 Å². The zero-order chi connectivity index (χ0) is 13.3. The Bertz CT molecular complexity index is 586. The second-order valence-electron chi connectivity index (χ2n) is 4.19. The molecule has 0 N–H and O–H groups in total. The summed E-state index contributed by atoms with van der Waals surface area (Å²) in [6.45, 7) is 6.06. The number of aromatic nitrogens is 2. The minimum Gasteiger partial charge on any atom is -0.291 e. The summed E-state index contributed by atoms with van der Waals surface area (Å²) >= 11 is 7.62. The summed E-state index contributed by atoms with van der Waals surface area (Å²) in [5, 5.41) is 4.91. The Balaban J connectivity index is 2.18. The van der Waals surface area contributed by atoms with E-state index in [0.29, 0.717) is 5.02 Å². The third-order valence-corrected chi connectivity index (χ3v) is 4.69. The maximum absolute atomic E-state index is 12.1. The van der Waals surface area contributed by atoms with Crippen molar-refractivity contribution >= 4 is 28.7 Å². The smallest absolute Gasteiger partial charge is 0.194 e. The van der Waals surface area contributed by atoms with Gasteiger partial charge < -0.3 is 0 Å². The van der Waals surface area contributed by atoms with E-state index in [1.54, 1.807) is 16.0 Å². The molecule has 0 aromatic carbocycles. The molecule has 0 aliphatic carbocycles. The highest BCUT2D eigenvalue weighted by Gasteiger charge is 2.14. The van der Waals surface area contributed by atoms with E-state index in [0.717, 1.165) is 22.7 Å². The molecule has 0 saturated carbocycles. The van der Waals surface area contributed by atoms with Crippen LogP contribution >= 0.6 is 22.9 Å². The molecule has 0 amide bonds. The van der Waals surface area contributed by atoms with Crippen LogP contribution in [0.3, 0.4) is 0 Å². The van der Waals surface area contributed by atoms with Crippen molar-refractivity contribution in [1.82, 2.24) is 9.78 Å². The molecule has 2 rings (SSSR count). The lowest BCUT2D eigenvalue weighted by Gasteiger charge is -2.02. The molecule has 2 aromatic heterocycles. The molecule has 0 radical (unpaired) electrons. The monoisotopic (exact) mass is 282 g/mol. The van der Waals surface area contributed by atoms with E-state index in [4.69, 9.17) is 11.6 Å². The van der Waals surface area contributed by atoms with Crippen molar-refractivity contribution in [1.29, 1.82) is 0 Å². The summed E-state index contributed by atoms with van der Waals surface area (Å²) in [5.41, 5.74) is 1.61. The number of rotatable bonds is 4. The van der Waals surface area contributed by atoms with Crippen molar-refractivity contribution in [3.8, 4) is 0 Å². The Morgan fingerprint density at radius 1 is 1.44 bits per heavy atom. The summed E-state index contributed by atoms with van der Waals surface area (Å²) in [7, 11) is 0. The summed E-state index contributed by atoms with van der Waals surface area (Å²) in [6, 6.07) is 3.89. The maximum atomic E-state index is 12.1. The minimum atomic E-state index is 0.0852. The number of thiophene rings is 1. The SMILES string of the molecule is CCc1ccc(C(=O)Cn2nc(C)c(Cl)c2C)s1. The minimum absolute atomic E-state index is 0.0852. The van der Waals surface area contributed by atoms with Gasteiger partial charge in [0.05, 0.1) is 21.3 Å². The fraction of sp³-hybridized carbons (Fsp3) is 0.385. The number of nitrogens with zero attached hydrogens (tertiary/aromatic N) is 2. The number of ketones is 1. The van der Waals surface area contributed by atoms with Crippen molar-refractivity contribution in [3.63, 3.8) is 0 Å². The molecule has 18 heavy (non-hydrogen) atoms. The predicted molar refractivity (Wildman–Crippen MR) is 74.7 cm³/mol. The standard InChI is InChI=1S/C13H15ClN2OS/c1-4-10-5-6-12(18-10)11(17)7-16-9(3)13(14)8(2)15-16/h5-6H,4,7H2,1-3H3. The highest BCUT2D eigenvalue weighted by Crippen LogP contribution is 2.21. The number of carbonyl (C=O) groups is 1. The maximum Gasteiger partial charge on any atom is 0.194 e. The van der Waals surface area contributed by atoms with E-state index in [2.05, 4.69) is 12.0 Å². The number of hydrogen-bond acceptors (Lipinski definition) is 3. The van der Waals surface area contributed by atoms with Crippen molar-refractivity contribution in [3.05, 3.63) is 38.3 Å². The first-order chi connectivity index (χ1) is 8.52. The summed E-state index contributed by atoms with van der Waals surface area (Å²) < 4.78 is 1.67. The molecule has 3 nitrogen and oxygen atoms in total. The summed E-state index contributed by atoms with van der Waals surface area (Å²) in [5.74, 6) is 0.0852. The zero-order valence-corrected chi connectivity index (χ0v) is 12.2. The van der Waals surface area contributed by atoms with Gasteiger partial charge >= 0.3 is 0 Å².